The first-order chi connectivity index (χ1) is 10.3. The Kier molecular flexibility index (Phi) is 4.96. The molecule has 0 spiro atoms. The highest BCUT2D eigenvalue weighted by molar-refractivity contribution is 5.09. The van der Waals surface area contributed by atoms with Gasteiger partial charge in [0.25, 0.3) is 0 Å². The molecule has 0 bridgehead atoms. The van der Waals surface area contributed by atoms with Crippen LogP contribution in [0.1, 0.15) is 50.4 Å². The van der Waals surface area contributed by atoms with Gasteiger partial charge in [-0.05, 0) is 38.7 Å². The third-order valence-electron chi connectivity index (χ3n) is 5.18. The lowest BCUT2D eigenvalue weighted by Crippen LogP contribution is -2.53. The molecule has 3 rings (SSSR count). The van der Waals surface area contributed by atoms with Crippen LogP contribution in [-0.2, 0) is 13.1 Å². The van der Waals surface area contributed by atoms with Crippen molar-refractivity contribution in [1.29, 1.82) is 0 Å². The average molecular weight is 290 g/mol. The molecule has 2 heterocycles. The number of aromatic nitrogens is 2. The number of nitrogens with zero attached hydrogens (tertiary/aromatic N) is 3. The summed E-state index contributed by atoms with van der Waals surface area (Å²) in [5.41, 5.74) is 2.52. The van der Waals surface area contributed by atoms with Crippen LogP contribution in [0.3, 0.4) is 0 Å². The van der Waals surface area contributed by atoms with Crippen LogP contribution in [0.5, 0.6) is 0 Å². The molecule has 0 aromatic carbocycles. The standard InChI is InChI=1S/C17H30N4/c1-3-21-16(11-14(2)19-21)12-20-10-9-18-17(13-20)15-7-5-4-6-8-15/h11,15,17-18H,3-10,12-13H2,1-2H3. The summed E-state index contributed by atoms with van der Waals surface area (Å²) in [6, 6.07) is 2.96. The van der Waals surface area contributed by atoms with E-state index < -0.39 is 0 Å². The molecule has 1 aliphatic carbocycles. The van der Waals surface area contributed by atoms with E-state index in [9.17, 15) is 0 Å². The highest BCUT2D eigenvalue weighted by Crippen LogP contribution is 2.28. The Balaban J connectivity index is 1.60. The molecule has 1 N–H and O–H groups in total. The topological polar surface area (TPSA) is 33.1 Å². The van der Waals surface area contributed by atoms with Crippen molar-refractivity contribution in [3.63, 3.8) is 0 Å². The van der Waals surface area contributed by atoms with E-state index in [0.717, 1.165) is 37.8 Å². The smallest absolute Gasteiger partial charge is 0.0597 e. The summed E-state index contributed by atoms with van der Waals surface area (Å²) < 4.78 is 2.16. The van der Waals surface area contributed by atoms with Crippen LogP contribution in [0.15, 0.2) is 6.07 Å². The van der Waals surface area contributed by atoms with Crippen molar-refractivity contribution in [3.05, 3.63) is 17.5 Å². The lowest BCUT2D eigenvalue weighted by atomic mass is 9.83. The molecule has 1 saturated heterocycles. The number of hydrogen-bond donors (Lipinski definition) is 1. The summed E-state index contributed by atoms with van der Waals surface area (Å²) in [6.07, 6.45) is 7.17. The van der Waals surface area contributed by atoms with Crippen LogP contribution in [0.25, 0.3) is 0 Å². The first-order valence-corrected chi connectivity index (χ1v) is 8.75. The Hall–Kier alpha value is -0.870. The van der Waals surface area contributed by atoms with Crippen molar-refractivity contribution in [2.24, 2.45) is 5.92 Å². The van der Waals surface area contributed by atoms with Crippen molar-refractivity contribution in [2.45, 2.75) is 65.1 Å². The summed E-state index contributed by atoms with van der Waals surface area (Å²) in [4.78, 5) is 2.62. The van der Waals surface area contributed by atoms with Gasteiger partial charge in [-0.25, -0.2) is 0 Å². The monoisotopic (exact) mass is 290 g/mol. The third-order valence-corrected chi connectivity index (χ3v) is 5.18. The van der Waals surface area contributed by atoms with Gasteiger partial charge in [-0.1, -0.05) is 19.3 Å². The summed E-state index contributed by atoms with van der Waals surface area (Å²) in [5.74, 6) is 0.902. The predicted octanol–water partition coefficient (Wildman–Crippen LogP) is 2.57. The summed E-state index contributed by atoms with van der Waals surface area (Å²) in [6.45, 7) is 9.81. The molecule has 2 fully saturated rings. The molecule has 21 heavy (non-hydrogen) atoms. The van der Waals surface area contributed by atoms with Gasteiger partial charge >= 0.3 is 0 Å². The van der Waals surface area contributed by atoms with Crippen molar-refractivity contribution < 1.29 is 0 Å². The first kappa shape index (κ1) is 15.0. The molecule has 4 nitrogen and oxygen atoms in total. The van der Waals surface area contributed by atoms with E-state index in [1.165, 1.54) is 44.3 Å². The van der Waals surface area contributed by atoms with Crippen LogP contribution in [0, 0.1) is 12.8 Å². The van der Waals surface area contributed by atoms with E-state index in [1.54, 1.807) is 0 Å². The van der Waals surface area contributed by atoms with E-state index in [4.69, 9.17) is 0 Å². The van der Waals surface area contributed by atoms with Gasteiger partial charge in [-0.15, -0.1) is 0 Å². The van der Waals surface area contributed by atoms with Crippen molar-refractivity contribution in [3.8, 4) is 0 Å². The minimum absolute atomic E-state index is 0.707. The molecule has 2 aliphatic rings. The van der Waals surface area contributed by atoms with E-state index in [0.29, 0.717) is 6.04 Å². The summed E-state index contributed by atoms with van der Waals surface area (Å²) in [5, 5.41) is 8.35. The quantitative estimate of drug-likeness (QED) is 0.925. The number of hydrogen-bond acceptors (Lipinski definition) is 3. The molecular formula is C17H30N4. The third kappa shape index (κ3) is 3.67. The molecule has 1 aromatic rings. The average Bonchev–Trinajstić information content (AvgIpc) is 2.88. The van der Waals surface area contributed by atoms with Crippen LogP contribution in [0.2, 0.25) is 0 Å². The second kappa shape index (κ2) is 6.93. The number of nitrogens with one attached hydrogen (secondary N) is 1. The van der Waals surface area contributed by atoms with Gasteiger partial charge in [-0.3, -0.25) is 9.58 Å². The normalized spacial score (nSPS) is 25.3. The van der Waals surface area contributed by atoms with Gasteiger partial charge in [0.05, 0.1) is 11.4 Å². The maximum atomic E-state index is 4.58. The maximum absolute atomic E-state index is 4.58. The fourth-order valence-electron chi connectivity index (χ4n) is 4.07. The van der Waals surface area contributed by atoms with Gasteiger partial charge in [0.15, 0.2) is 0 Å². The second-order valence-corrected chi connectivity index (χ2v) is 6.79. The highest BCUT2D eigenvalue weighted by atomic mass is 15.3. The van der Waals surface area contributed by atoms with E-state index >= 15 is 0 Å². The fraction of sp³-hybridized carbons (Fsp3) is 0.824. The van der Waals surface area contributed by atoms with E-state index in [1.807, 2.05) is 0 Å². The van der Waals surface area contributed by atoms with E-state index in [-0.39, 0.29) is 0 Å². The van der Waals surface area contributed by atoms with Gasteiger partial charge in [0.1, 0.15) is 0 Å². The van der Waals surface area contributed by atoms with Crippen LogP contribution in [-0.4, -0.2) is 40.4 Å². The lowest BCUT2D eigenvalue weighted by Gasteiger charge is -2.39. The van der Waals surface area contributed by atoms with Gasteiger partial charge in [0, 0.05) is 38.8 Å². The largest absolute Gasteiger partial charge is 0.311 e. The number of rotatable bonds is 4. The Morgan fingerprint density at radius 3 is 2.86 bits per heavy atom. The van der Waals surface area contributed by atoms with Gasteiger partial charge in [-0.2, -0.15) is 5.10 Å². The molecule has 0 radical (unpaired) electrons. The second-order valence-electron chi connectivity index (χ2n) is 6.79. The van der Waals surface area contributed by atoms with E-state index in [2.05, 4.69) is 39.9 Å². The Labute approximate surface area is 128 Å². The molecule has 1 saturated carbocycles. The van der Waals surface area contributed by atoms with Crippen molar-refractivity contribution in [2.75, 3.05) is 19.6 Å². The molecule has 1 atom stereocenters. The SMILES string of the molecule is CCn1nc(C)cc1CN1CCNC(C2CCCCC2)C1. The number of piperazine rings is 1. The Morgan fingerprint density at radius 2 is 2.10 bits per heavy atom. The zero-order chi connectivity index (χ0) is 14.7. The molecule has 1 unspecified atom stereocenters. The molecule has 0 amide bonds. The Bertz CT molecular complexity index is 448. The summed E-state index contributed by atoms with van der Waals surface area (Å²) >= 11 is 0. The van der Waals surface area contributed by atoms with Crippen molar-refractivity contribution >= 4 is 0 Å². The summed E-state index contributed by atoms with van der Waals surface area (Å²) in [7, 11) is 0. The lowest BCUT2D eigenvalue weighted by molar-refractivity contribution is 0.138. The molecule has 1 aromatic heterocycles. The fourth-order valence-corrected chi connectivity index (χ4v) is 4.07. The number of aryl methyl sites for hydroxylation is 2. The predicted molar refractivity (Wildman–Crippen MR) is 86.3 cm³/mol. The van der Waals surface area contributed by atoms with Gasteiger partial charge < -0.3 is 5.32 Å². The molecule has 4 heteroatoms. The Morgan fingerprint density at radius 1 is 1.29 bits per heavy atom. The minimum Gasteiger partial charge on any atom is -0.311 e. The zero-order valence-electron chi connectivity index (χ0n) is 13.6. The zero-order valence-corrected chi connectivity index (χ0v) is 13.6. The minimum atomic E-state index is 0.707. The highest BCUT2D eigenvalue weighted by Gasteiger charge is 2.28. The first-order valence-electron chi connectivity index (χ1n) is 8.75. The van der Waals surface area contributed by atoms with Gasteiger partial charge in [0.2, 0.25) is 0 Å². The molecule has 118 valence electrons. The van der Waals surface area contributed by atoms with Crippen molar-refractivity contribution in [1.82, 2.24) is 20.0 Å². The maximum Gasteiger partial charge on any atom is 0.0597 e. The van der Waals surface area contributed by atoms with Crippen LogP contribution in [0.4, 0.5) is 0 Å². The van der Waals surface area contributed by atoms with Crippen LogP contribution >= 0.6 is 0 Å². The van der Waals surface area contributed by atoms with Crippen LogP contribution < -0.4 is 5.32 Å². The molecular weight excluding hydrogens is 260 g/mol. The molecule has 1 aliphatic heterocycles.